The van der Waals surface area contributed by atoms with Gasteiger partial charge in [0.2, 0.25) is 5.91 Å². The Kier molecular flexibility index (Phi) is 5.35. The summed E-state index contributed by atoms with van der Waals surface area (Å²) in [4.78, 5) is 24.0. The Bertz CT molecular complexity index is 725. The Morgan fingerprint density at radius 3 is 2.92 bits per heavy atom. The Balaban J connectivity index is 1.73. The lowest BCUT2D eigenvalue weighted by molar-refractivity contribution is -0.142. The largest absolute Gasteiger partial charge is 0.480 e. The lowest BCUT2D eigenvalue weighted by Crippen LogP contribution is -2.45. The van der Waals surface area contributed by atoms with Gasteiger partial charge in [0.25, 0.3) is 0 Å². The molecule has 3 rings (SSSR count). The van der Waals surface area contributed by atoms with Crippen LogP contribution in [-0.2, 0) is 9.59 Å². The van der Waals surface area contributed by atoms with Crippen molar-refractivity contribution in [2.75, 3.05) is 6.54 Å². The number of carbonyl (C=O) groups excluding carboxylic acids is 1. The summed E-state index contributed by atoms with van der Waals surface area (Å²) < 4.78 is 5.85. The minimum absolute atomic E-state index is 0.286. The first kappa shape index (κ1) is 17.4. The number of para-hydroxylation sites is 1. The molecule has 0 bridgehead atoms. The van der Waals surface area contributed by atoms with Crippen LogP contribution in [-0.4, -0.2) is 29.6 Å². The van der Waals surface area contributed by atoms with Crippen molar-refractivity contribution in [1.29, 1.82) is 0 Å². The van der Waals surface area contributed by atoms with E-state index in [9.17, 15) is 14.7 Å². The predicted octanol–water partition coefficient (Wildman–Crippen LogP) is 1.96. The molecule has 1 aliphatic rings. The van der Waals surface area contributed by atoms with Gasteiger partial charge in [0.05, 0.1) is 12.0 Å². The highest BCUT2D eigenvalue weighted by Crippen LogP contribution is 2.30. The Hall–Kier alpha value is -2.38. The second kappa shape index (κ2) is 7.67. The maximum atomic E-state index is 12.6. The highest BCUT2D eigenvalue weighted by molar-refractivity contribution is 5.86. The van der Waals surface area contributed by atoms with Crippen LogP contribution in [0.15, 0.2) is 34.7 Å². The molecule has 1 amide bonds. The monoisotopic (exact) mass is 345 g/mol. The zero-order valence-corrected chi connectivity index (χ0v) is 14.1. The maximum absolute atomic E-state index is 12.6. The number of benzene rings is 1. The number of carbonyl (C=O) groups is 2. The smallest absolute Gasteiger partial charge is 0.326 e. The summed E-state index contributed by atoms with van der Waals surface area (Å²) in [7, 11) is 0. The Morgan fingerprint density at radius 2 is 2.20 bits per heavy atom. The SMILES string of the molecule is CCCC[C@H](NC(=O)C1CNNC1c1cc2ccccc2o1)C(=O)O. The Labute approximate surface area is 145 Å². The topological polar surface area (TPSA) is 104 Å². The van der Waals surface area contributed by atoms with E-state index in [4.69, 9.17) is 4.42 Å². The molecule has 7 nitrogen and oxygen atoms in total. The molecule has 1 aromatic carbocycles. The number of furan rings is 1. The molecule has 0 radical (unpaired) electrons. The van der Waals surface area contributed by atoms with Gasteiger partial charge in [-0.15, -0.1) is 0 Å². The first-order valence-corrected chi connectivity index (χ1v) is 8.60. The van der Waals surface area contributed by atoms with Gasteiger partial charge in [0.15, 0.2) is 0 Å². The number of carboxylic acid groups (broad SMARTS) is 1. The van der Waals surface area contributed by atoms with Gasteiger partial charge in [-0.05, 0) is 18.6 Å². The number of aliphatic carboxylic acids is 1. The quantitative estimate of drug-likeness (QED) is 0.612. The number of rotatable bonds is 7. The first-order chi connectivity index (χ1) is 12.1. The van der Waals surface area contributed by atoms with Crippen molar-refractivity contribution in [3.8, 4) is 0 Å². The van der Waals surface area contributed by atoms with E-state index in [-0.39, 0.29) is 11.9 Å². The molecular formula is C18H23N3O4. The number of fused-ring (bicyclic) bond motifs is 1. The number of amides is 1. The summed E-state index contributed by atoms with van der Waals surface area (Å²) in [5, 5.41) is 12.9. The van der Waals surface area contributed by atoms with Crippen LogP contribution in [0.4, 0.5) is 0 Å². The summed E-state index contributed by atoms with van der Waals surface area (Å²) in [6.07, 6.45) is 2.07. The fourth-order valence-corrected chi connectivity index (χ4v) is 3.11. The van der Waals surface area contributed by atoms with Crippen LogP contribution >= 0.6 is 0 Å². The van der Waals surface area contributed by atoms with Crippen LogP contribution in [0.3, 0.4) is 0 Å². The molecule has 0 spiro atoms. The molecule has 1 fully saturated rings. The number of carboxylic acids is 1. The summed E-state index contributed by atoms with van der Waals surface area (Å²) in [5.41, 5.74) is 6.79. The van der Waals surface area contributed by atoms with E-state index in [0.29, 0.717) is 18.7 Å². The average molecular weight is 345 g/mol. The highest BCUT2D eigenvalue weighted by atomic mass is 16.4. The van der Waals surface area contributed by atoms with E-state index in [1.54, 1.807) is 0 Å². The fraction of sp³-hybridized carbons (Fsp3) is 0.444. The molecule has 3 atom stereocenters. The molecule has 2 aromatic rings. The van der Waals surface area contributed by atoms with Gasteiger partial charge in [-0.1, -0.05) is 38.0 Å². The van der Waals surface area contributed by atoms with E-state index < -0.39 is 17.9 Å². The van der Waals surface area contributed by atoms with E-state index in [2.05, 4.69) is 16.2 Å². The van der Waals surface area contributed by atoms with Crippen LogP contribution < -0.4 is 16.2 Å². The molecule has 7 heteroatoms. The van der Waals surface area contributed by atoms with Crippen molar-refractivity contribution < 1.29 is 19.1 Å². The van der Waals surface area contributed by atoms with Crippen molar-refractivity contribution in [3.63, 3.8) is 0 Å². The van der Waals surface area contributed by atoms with Crippen molar-refractivity contribution in [1.82, 2.24) is 16.2 Å². The minimum atomic E-state index is -0.999. The summed E-state index contributed by atoms with van der Waals surface area (Å²) >= 11 is 0. The van der Waals surface area contributed by atoms with E-state index in [1.165, 1.54) is 0 Å². The molecule has 2 unspecified atom stereocenters. The third-order valence-electron chi connectivity index (χ3n) is 4.53. The molecule has 1 aromatic heterocycles. The van der Waals surface area contributed by atoms with Gasteiger partial charge in [-0.2, -0.15) is 0 Å². The van der Waals surface area contributed by atoms with Crippen molar-refractivity contribution in [2.24, 2.45) is 5.92 Å². The maximum Gasteiger partial charge on any atom is 0.326 e. The average Bonchev–Trinajstić information content (AvgIpc) is 3.23. The normalized spacial score (nSPS) is 21.3. The highest BCUT2D eigenvalue weighted by Gasteiger charge is 2.37. The van der Waals surface area contributed by atoms with Crippen molar-refractivity contribution in [2.45, 2.75) is 38.3 Å². The molecule has 25 heavy (non-hydrogen) atoms. The Morgan fingerprint density at radius 1 is 1.40 bits per heavy atom. The van der Waals surface area contributed by atoms with Crippen molar-refractivity contribution >= 4 is 22.8 Å². The molecule has 2 heterocycles. The molecule has 0 aliphatic carbocycles. The number of hydrogen-bond acceptors (Lipinski definition) is 5. The number of hydrogen-bond donors (Lipinski definition) is 4. The lowest BCUT2D eigenvalue weighted by Gasteiger charge is -2.19. The van der Waals surface area contributed by atoms with E-state index in [1.807, 2.05) is 37.3 Å². The third kappa shape index (κ3) is 3.83. The first-order valence-electron chi connectivity index (χ1n) is 8.60. The molecule has 4 N–H and O–H groups in total. The van der Waals surface area contributed by atoms with Gasteiger partial charge in [-0.25, -0.2) is 10.2 Å². The van der Waals surface area contributed by atoms with Gasteiger partial charge in [0, 0.05) is 11.9 Å². The molecular weight excluding hydrogens is 322 g/mol. The number of hydrazine groups is 1. The zero-order chi connectivity index (χ0) is 17.8. The van der Waals surface area contributed by atoms with E-state index in [0.717, 1.165) is 23.8 Å². The van der Waals surface area contributed by atoms with Crippen molar-refractivity contribution in [3.05, 3.63) is 36.1 Å². The standard InChI is InChI=1S/C18H23N3O4/c1-2-3-7-13(18(23)24)20-17(22)12-10-19-21-16(12)15-9-11-6-4-5-8-14(11)25-15/h4-6,8-9,12-13,16,19,21H,2-3,7,10H2,1H3,(H,20,22)(H,23,24)/t12?,13-,16?/m0/s1. The summed E-state index contributed by atoms with van der Waals surface area (Å²) in [5.74, 6) is -1.07. The molecule has 0 saturated carbocycles. The number of nitrogens with one attached hydrogen (secondary N) is 3. The van der Waals surface area contributed by atoms with Gasteiger partial charge >= 0.3 is 5.97 Å². The number of unbranched alkanes of at least 4 members (excludes halogenated alkanes) is 1. The minimum Gasteiger partial charge on any atom is -0.480 e. The summed E-state index contributed by atoms with van der Waals surface area (Å²) in [6.45, 7) is 2.40. The van der Waals surface area contributed by atoms with Crippen LogP contribution in [0.2, 0.25) is 0 Å². The second-order valence-corrected chi connectivity index (χ2v) is 6.34. The fourth-order valence-electron chi connectivity index (χ4n) is 3.11. The molecule has 134 valence electrons. The van der Waals surface area contributed by atoms with Gasteiger partial charge in [0.1, 0.15) is 17.4 Å². The zero-order valence-electron chi connectivity index (χ0n) is 14.1. The van der Waals surface area contributed by atoms with E-state index >= 15 is 0 Å². The van der Waals surface area contributed by atoms with Crippen LogP contribution in [0.5, 0.6) is 0 Å². The lowest BCUT2D eigenvalue weighted by atomic mass is 9.98. The second-order valence-electron chi connectivity index (χ2n) is 6.34. The van der Waals surface area contributed by atoms with Crippen LogP contribution in [0.25, 0.3) is 11.0 Å². The molecule has 1 saturated heterocycles. The van der Waals surface area contributed by atoms with Gasteiger partial charge in [-0.3, -0.25) is 10.2 Å². The predicted molar refractivity (Wildman–Crippen MR) is 92.7 cm³/mol. The molecule has 1 aliphatic heterocycles. The summed E-state index contributed by atoms with van der Waals surface area (Å²) in [6, 6.07) is 8.36. The van der Waals surface area contributed by atoms with Crippen LogP contribution in [0.1, 0.15) is 38.0 Å². The third-order valence-corrected chi connectivity index (χ3v) is 4.53. The van der Waals surface area contributed by atoms with Crippen LogP contribution in [0, 0.1) is 5.92 Å². The van der Waals surface area contributed by atoms with Gasteiger partial charge < -0.3 is 14.8 Å².